The van der Waals surface area contributed by atoms with Crippen molar-refractivity contribution in [2.45, 2.75) is 32.7 Å². The zero-order valence-electron chi connectivity index (χ0n) is 8.60. The standard InChI is InChI=1S/C9H17N3O2/c1-6-3-4-12(7(6)2)9(13)5-8(10)11-14/h6-7,14H,3-5H2,1-2H3,(H2,10,11). The fraction of sp³-hybridized carbons (Fsp3) is 0.778. The molecule has 2 unspecified atom stereocenters. The van der Waals surface area contributed by atoms with E-state index in [2.05, 4.69) is 12.1 Å². The molecular formula is C9H17N3O2. The summed E-state index contributed by atoms with van der Waals surface area (Å²) in [6.07, 6.45) is 1.04. The van der Waals surface area contributed by atoms with Crippen LogP contribution in [0.3, 0.4) is 0 Å². The van der Waals surface area contributed by atoms with Gasteiger partial charge in [0.2, 0.25) is 5.91 Å². The maximum absolute atomic E-state index is 11.6. The summed E-state index contributed by atoms with van der Waals surface area (Å²) in [6.45, 7) is 4.93. The number of hydrogen-bond acceptors (Lipinski definition) is 3. The van der Waals surface area contributed by atoms with Gasteiger partial charge in [0, 0.05) is 12.6 Å². The Morgan fingerprint density at radius 2 is 2.29 bits per heavy atom. The van der Waals surface area contributed by atoms with Crippen molar-refractivity contribution in [2.24, 2.45) is 16.8 Å². The van der Waals surface area contributed by atoms with E-state index in [9.17, 15) is 4.79 Å². The summed E-state index contributed by atoms with van der Waals surface area (Å²) in [5.74, 6) is 0.449. The highest BCUT2D eigenvalue weighted by Gasteiger charge is 2.30. The highest BCUT2D eigenvalue weighted by atomic mass is 16.4. The third kappa shape index (κ3) is 2.16. The van der Waals surface area contributed by atoms with Crippen LogP contribution in [0.15, 0.2) is 5.16 Å². The summed E-state index contributed by atoms with van der Waals surface area (Å²) in [6, 6.07) is 0.258. The molecule has 0 saturated carbocycles. The van der Waals surface area contributed by atoms with Gasteiger partial charge in [0.15, 0.2) is 0 Å². The van der Waals surface area contributed by atoms with E-state index < -0.39 is 0 Å². The zero-order valence-corrected chi connectivity index (χ0v) is 8.60. The van der Waals surface area contributed by atoms with Crippen molar-refractivity contribution in [3.05, 3.63) is 0 Å². The number of nitrogens with zero attached hydrogens (tertiary/aromatic N) is 2. The summed E-state index contributed by atoms with van der Waals surface area (Å²) in [4.78, 5) is 13.4. The Labute approximate surface area is 83.6 Å². The molecule has 0 spiro atoms. The second-order valence-corrected chi connectivity index (χ2v) is 3.86. The maximum atomic E-state index is 11.6. The Kier molecular flexibility index (Phi) is 3.33. The number of carbonyl (C=O) groups is 1. The third-order valence-electron chi connectivity index (χ3n) is 2.92. The minimum Gasteiger partial charge on any atom is -0.409 e. The average Bonchev–Trinajstić information content (AvgIpc) is 2.47. The number of amidine groups is 1. The van der Waals surface area contributed by atoms with Gasteiger partial charge in [-0.1, -0.05) is 12.1 Å². The number of likely N-dealkylation sites (tertiary alicyclic amines) is 1. The molecule has 0 aromatic rings. The molecule has 1 rings (SSSR count). The van der Waals surface area contributed by atoms with Crippen LogP contribution in [0.4, 0.5) is 0 Å². The van der Waals surface area contributed by atoms with Gasteiger partial charge in [0.1, 0.15) is 5.84 Å². The molecule has 14 heavy (non-hydrogen) atoms. The fourth-order valence-corrected chi connectivity index (χ4v) is 1.74. The van der Waals surface area contributed by atoms with Crippen molar-refractivity contribution in [1.29, 1.82) is 0 Å². The fourth-order valence-electron chi connectivity index (χ4n) is 1.74. The van der Waals surface area contributed by atoms with Crippen LogP contribution >= 0.6 is 0 Å². The molecule has 1 aliphatic heterocycles. The van der Waals surface area contributed by atoms with Crippen molar-refractivity contribution in [3.8, 4) is 0 Å². The van der Waals surface area contributed by atoms with Crippen LogP contribution in [-0.4, -0.2) is 34.4 Å². The Balaban J connectivity index is 2.54. The van der Waals surface area contributed by atoms with E-state index >= 15 is 0 Å². The smallest absolute Gasteiger partial charge is 0.230 e. The Hall–Kier alpha value is -1.26. The topological polar surface area (TPSA) is 78.9 Å². The SMILES string of the molecule is CC1CCN(C(=O)C/C(N)=N/O)C1C. The minimum absolute atomic E-state index is 0.00750. The molecule has 0 bridgehead atoms. The predicted octanol–water partition coefficient (Wildman–Crippen LogP) is 0.380. The molecule has 3 N–H and O–H groups in total. The lowest BCUT2D eigenvalue weighted by molar-refractivity contribution is -0.130. The van der Waals surface area contributed by atoms with Crippen LogP contribution in [0.25, 0.3) is 0 Å². The molecule has 1 aliphatic rings. The number of hydrogen-bond donors (Lipinski definition) is 2. The van der Waals surface area contributed by atoms with Gasteiger partial charge in [-0.15, -0.1) is 0 Å². The summed E-state index contributed by atoms with van der Waals surface area (Å²) in [5, 5.41) is 11.1. The van der Waals surface area contributed by atoms with E-state index in [-0.39, 0.29) is 24.2 Å². The number of nitrogens with two attached hydrogens (primary N) is 1. The summed E-state index contributed by atoms with van der Waals surface area (Å²) in [5.41, 5.74) is 5.27. The van der Waals surface area contributed by atoms with Gasteiger partial charge in [-0.05, 0) is 19.3 Å². The van der Waals surface area contributed by atoms with Gasteiger partial charge in [0.25, 0.3) is 0 Å². The lowest BCUT2D eigenvalue weighted by Crippen LogP contribution is -2.37. The van der Waals surface area contributed by atoms with Crippen LogP contribution in [0.1, 0.15) is 26.7 Å². The number of amides is 1. The predicted molar refractivity (Wildman–Crippen MR) is 53.0 cm³/mol. The quantitative estimate of drug-likeness (QED) is 0.292. The molecule has 1 saturated heterocycles. The molecule has 0 aromatic carbocycles. The lowest BCUT2D eigenvalue weighted by Gasteiger charge is -2.23. The van der Waals surface area contributed by atoms with Crippen molar-refractivity contribution < 1.29 is 10.0 Å². The molecule has 80 valence electrons. The first-order valence-electron chi connectivity index (χ1n) is 4.82. The van der Waals surface area contributed by atoms with E-state index in [4.69, 9.17) is 10.9 Å². The number of rotatable bonds is 2. The van der Waals surface area contributed by atoms with E-state index in [1.165, 1.54) is 0 Å². The normalized spacial score (nSPS) is 28.1. The van der Waals surface area contributed by atoms with Gasteiger partial charge >= 0.3 is 0 Å². The first-order valence-corrected chi connectivity index (χ1v) is 4.82. The lowest BCUT2D eigenvalue weighted by atomic mass is 10.1. The molecule has 0 aromatic heterocycles. The second kappa shape index (κ2) is 4.30. The summed E-state index contributed by atoms with van der Waals surface area (Å²) < 4.78 is 0. The number of oxime groups is 1. The molecule has 5 heteroatoms. The average molecular weight is 199 g/mol. The third-order valence-corrected chi connectivity index (χ3v) is 2.92. The van der Waals surface area contributed by atoms with Crippen LogP contribution in [0, 0.1) is 5.92 Å². The van der Waals surface area contributed by atoms with Crippen molar-refractivity contribution >= 4 is 11.7 Å². The summed E-state index contributed by atoms with van der Waals surface area (Å²) in [7, 11) is 0. The zero-order chi connectivity index (χ0) is 10.7. The largest absolute Gasteiger partial charge is 0.409 e. The van der Waals surface area contributed by atoms with E-state index in [1.54, 1.807) is 4.90 Å². The van der Waals surface area contributed by atoms with E-state index in [0.29, 0.717) is 5.92 Å². The molecular weight excluding hydrogens is 182 g/mol. The number of carbonyl (C=O) groups excluding carboxylic acids is 1. The van der Waals surface area contributed by atoms with Crippen molar-refractivity contribution in [2.75, 3.05) is 6.54 Å². The molecule has 1 amide bonds. The van der Waals surface area contributed by atoms with Crippen molar-refractivity contribution in [3.63, 3.8) is 0 Å². The van der Waals surface area contributed by atoms with E-state index in [1.807, 2.05) is 6.92 Å². The molecule has 2 atom stereocenters. The minimum atomic E-state index is -0.0582. The Bertz CT molecular complexity index is 252. The second-order valence-electron chi connectivity index (χ2n) is 3.86. The molecule has 1 fully saturated rings. The highest BCUT2D eigenvalue weighted by Crippen LogP contribution is 2.23. The molecule has 5 nitrogen and oxygen atoms in total. The van der Waals surface area contributed by atoms with Gasteiger partial charge in [-0.2, -0.15) is 0 Å². The van der Waals surface area contributed by atoms with Gasteiger partial charge in [-0.25, -0.2) is 0 Å². The van der Waals surface area contributed by atoms with E-state index in [0.717, 1.165) is 13.0 Å². The highest BCUT2D eigenvalue weighted by molar-refractivity contribution is 5.98. The van der Waals surface area contributed by atoms with Gasteiger partial charge in [-0.3, -0.25) is 4.79 Å². The van der Waals surface area contributed by atoms with Gasteiger partial charge in [0.05, 0.1) is 6.42 Å². The molecule has 1 heterocycles. The van der Waals surface area contributed by atoms with Gasteiger partial charge < -0.3 is 15.8 Å². The van der Waals surface area contributed by atoms with Crippen LogP contribution in [0.2, 0.25) is 0 Å². The maximum Gasteiger partial charge on any atom is 0.230 e. The monoisotopic (exact) mass is 199 g/mol. The van der Waals surface area contributed by atoms with Crippen LogP contribution < -0.4 is 5.73 Å². The van der Waals surface area contributed by atoms with Crippen LogP contribution in [0.5, 0.6) is 0 Å². The first kappa shape index (κ1) is 10.8. The Morgan fingerprint density at radius 3 is 2.71 bits per heavy atom. The van der Waals surface area contributed by atoms with Crippen molar-refractivity contribution in [1.82, 2.24) is 4.90 Å². The Morgan fingerprint density at radius 1 is 1.64 bits per heavy atom. The first-order chi connectivity index (χ1) is 6.56. The molecule has 0 aliphatic carbocycles. The van der Waals surface area contributed by atoms with Crippen LogP contribution in [-0.2, 0) is 4.79 Å². The summed E-state index contributed by atoms with van der Waals surface area (Å²) >= 11 is 0. The molecule has 0 radical (unpaired) electrons.